The molecular weight excluding hydrogens is 226 g/mol. The lowest BCUT2D eigenvalue weighted by Crippen LogP contribution is -1.93. The molecule has 0 aromatic carbocycles. The molecule has 0 aliphatic heterocycles. The molecule has 16 heavy (non-hydrogen) atoms. The van der Waals surface area contributed by atoms with E-state index < -0.39 is 0 Å². The topological polar surface area (TPSA) is 47.9 Å². The fourth-order valence-electron chi connectivity index (χ4n) is 1.33. The van der Waals surface area contributed by atoms with Crippen LogP contribution in [0, 0.1) is 6.92 Å². The Hall–Kier alpha value is -1.68. The maximum atomic E-state index is 5.86. The number of aryl methyl sites for hydroxylation is 1. The Morgan fingerprint density at radius 1 is 1.25 bits per heavy atom. The molecule has 0 atom stereocenters. The van der Waals surface area contributed by atoms with E-state index in [2.05, 4.69) is 15.0 Å². The molecule has 2 aromatic rings. The number of ether oxygens (including phenoxy) is 1. The van der Waals surface area contributed by atoms with Gasteiger partial charge in [0.1, 0.15) is 11.0 Å². The lowest BCUT2D eigenvalue weighted by Gasteiger charge is -2.03. The van der Waals surface area contributed by atoms with Gasteiger partial charge in [-0.3, -0.25) is 0 Å². The molecule has 0 aliphatic carbocycles. The second kappa shape index (κ2) is 4.45. The van der Waals surface area contributed by atoms with Crippen molar-refractivity contribution in [2.45, 2.75) is 6.92 Å². The zero-order valence-corrected chi connectivity index (χ0v) is 9.69. The summed E-state index contributed by atoms with van der Waals surface area (Å²) < 4.78 is 4.98. The van der Waals surface area contributed by atoms with E-state index in [0.29, 0.717) is 16.9 Å². The van der Waals surface area contributed by atoms with Crippen molar-refractivity contribution in [2.75, 3.05) is 7.11 Å². The van der Waals surface area contributed by atoms with E-state index in [1.807, 2.05) is 6.07 Å². The van der Waals surface area contributed by atoms with Crippen LogP contribution in [0.2, 0.25) is 5.15 Å². The van der Waals surface area contributed by atoms with E-state index in [1.165, 1.54) is 0 Å². The highest BCUT2D eigenvalue weighted by molar-refractivity contribution is 6.29. The summed E-state index contributed by atoms with van der Waals surface area (Å²) in [5.74, 6) is 1.21. The van der Waals surface area contributed by atoms with Gasteiger partial charge in [-0.15, -0.1) is 0 Å². The van der Waals surface area contributed by atoms with Crippen LogP contribution in [0.1, 0.15) is 5.82 Å². The van der Waals surface area contributed by atoms with Gasteiger partial charge in [-0.2, -0.15) is 0 Å². The summed E-state index contributed by atoms with van der Waals surface area (Å²) in [6.45, 7) is 1.80. The van der Waals surface area contributed by atoms with Crippen LogP contribution < -0.4 is 4.74 Å². The van der Waals surface area contributed by atoms with Crippen LogP contribution >= 0.6 is 11.6 Å². The molecule has 0 bridgehead atoms. The van der Waals surface area contributed by atoms with Gasteiger partial charge >= 0.3 is 0 Å². The number of halogens is 1. The van der Waals surface area contributed by atoms with Gasteiger partial charge < -0.3 is 4.74 Å². The Morgan fingerprint density at radius 2 is 2.06 bits per heavy atom. The number of rotatable bonds is 2. The quantitative estimate of drug-likeness (QED) is 0.751. The molecule has 2 rings (SSSR count). The lowest BCUT2D eigenvalue weighted by molar-refractivity contribution is 0.398. The third-order valence-corrected chi connectivity index (χ3v) is 2.24. The molecule has 2 aromatic heterocycles. The van der Waals surface area contributed by atoms with Crippen LogP contribution in [-0.2, 0) is 0 Å². The van der Waals surface area contributed by atoms with Gasteiger partial charge in [0.15, 0.2) is 0 Å². The number of hydrogen-bond acceptors (Lipinski definition) is 4. The summed E-state index contributed by atoms with van der Waals surface area (Å²) in [5.41, 5.74) is 1.64. The molecule has 0 saturated carbocycles. The second-order valence-corrected chi connectivity index (χ2v) is 3.60. The van der Waals surface area contributed by atoms with Crippen molar-refractivity contribution in [3.63, 3.8) is 0 Å². The summed E-state index contributed by atoms with van der Waals surface area (Å²) in [4.78, 5) is 12.4. The number of methoxy groups -OCH3 is 1. The SMILES string of the molecule is COc1ccc(-c2cc(Cl)nc(C)n2)cn1. The van der Waals surface area contributed by atoms with E-state index >= 15 is 0 Å². The first-order valence-electron chi connectivity index (χ1n) is 4.70. The smallest absolute Gasteiger partial charge is 0.212 e. The van der Waals surface area contributed by atoms with E-state index in [-0.39, 0.29) is 0 Å². The third-order valence-electron chi connectivity index (χ3n) is 2.05. The molecule has 2 heterocycles. The predicted octanol–water partition coefficient (Wildman–Crippen LogP) is 2.51. The fraction of sp³-hybridized carbons (Fsp3) is 0.182. The zero-order valence-electron chi connectivity index (χ0n) is 8.94. The van der Waals surface area contributed by atoms with Gasteiger partial charge in [-0.05, 0) is 13.0 Å². The number of nitrogens with zero attached hydrogens (tertiary/aromatic N) is 3. The Labute approximate surface area is 98.3 Å². The monoisotopic (exact) mass is 235 g/mol. The van der Waals surface area contributed by atoms with Crippen LogP contribution in [-0.4, -0.2) is 22.1 Å². The van der Waals surface area contributed by atoms with Gasteiger partial charge in [0.2, 0.25) is 5.88 Å². The summed E-state index contributed by atoms with van der Waals surface area (Å²) in [7, 11) is 1.58. The fourth-order valence-corrected chi connectivity index (χ4v) is 1.56. The molecule has 0 aliphatic rings. The van der Waals surface area contributed by atoms with E-state index in [9.17, 15) is 0 Å². The van der Waals surface area contributed by atoms with Crippen molar-refractivity contribution >= 4 is 11.6 Å². The average Bonchev–Trinajstić information content (AvgIpc) is 2.28. The minimum Gasteiger partial charge on any atom is -0.481 e. The molecule has 82 valence electrons. The van der Waals surface area contributed by atoms with Crippen molar-refractivity contribution in [3.05, 3.63) is 35.4 Å². The molecule has 0 saturated heterocycles. The predicted molar refractivity (Wildman–Crippen MR) is 61.6 cm³/mol. The maximum Gasteiger partial charge on any atom is 0.212 e. The first-order chi connectivity index (χ1) is 7.69. The van der Waals surface area contributed by atoms with Gasteiger partial charge in [0.05, 0.1) is 12.8 Å². The standard InChI is InChI=1S/C11H10ClN3O/c1-7-14-9(5-10(12)15-7)8-3-4-11(16-2)13-6-8/h3-6H,1-2H3. The molecular formula is C11H10ClN3O. The largest absolute Gasteiger partial charge is 0.481 e. The molecule has 4 nitrogen and oxygen atoms in total. The van der Waals surface area contributed by atoms with Crippen LogP contribution in [0.15, 0.2) is 24.4 Å². The van der Waals surface area contributed by atoms with Gasteiger partial charge in [0, 0.05) is 23.9 Å². The molecule has 0 radical (unpaired) electrons. The third kappa shape index (κ3) is 2.28. The zero-order chi connectivity index (χ0) is 11.5. The van der Waals surface area contributed by atoms with Gasteiger partial charge in [0.25, 0.3) is 0 Å². The minimum absolute atomic E-state index is 0.429. The Kier molecular flexibility index (Phi) is 3.01. The summed E-state index contributed by atoms with van der Waals surface area (Å²) in [5, 5.41) is 0.429. The first-order valence-corrected chi connectivity index (χ1v) is 5.08. The highest BCUT2D eigenvalue weighted by Gasteiger charge is 2.03. The number of pyridine rings is 1. The van der Waals surface area contributed by atoms with Crippen LogP contribution in [0.5, 0.6) is 5.88 Å². The Morgan fingerprint density at radius 3 is 2.62 bits per heavy atom. The molecule has 0 spiro atoms. The van der Waals surface area contributed by atoms with E-state index in [4.69, 9.17) is 16.3 Å². The molecule has 0 amide bonds. The molecule has 0 unspecified atom stereocenters. The van der Waals surface area contributed by atoms with Gasteiger partial charge in [-0.1, -0.05) is 11.6 Å². The highest BCUT2D eigenvalue weighted by atomic mass is 35.5. The summed E-state index contributed by atoms with van der Waals surface area (Å²) in [6, 6.07) is 5.36. The molecule has 0 N–H and O–H groups in total. The molecule has 0 fully saturated rings. The van der Waals surface area contributed by atoms with Crippen molar-refractivity contribution in [1.82, 2.24) is 15.0 Å². The summed E-state index contributed by atoms with van der Waals surface area (Å²) in [6.07, 6.45) is 1.69. The Bertz CT molecular complexity index is 479. The molecule has 5 heteroatoms. The van der Waals surface area contributed by atoms with Crippen molar-refractivity contribution in [2.24, 2.45) is 0 Å². The Balaban J connectivity index is 2.42. The van der Waals surface area contributed by atoms with Crippen LogP contribution in [0.3, 0.4) is 0 Å². The van der Waals surface area contributed by atoms with E-state index in [1.54, 1.807) is 32.4 Å². The van der Waals surface area contributed by atoms with Crippen LogP contribution in [0.25, 0.3) is 11.3 Å². The second-order valence-electron chi connectivity index (χ2n) is 3.21. The highest BCUT2D eigenvalue weighted by Crippen LogP contribution is 2.20. The van der Waals surface area contributed by atoms with Crippen molar-refractivity contribution in [1.29, 1.82) is 0 Å². The van der Waals surface area contributed by atoms with Crippen LogP contribution in [0.4, 0.5) is 0 Å². The first kappa shape index (κ1) is 10.8. The van der Waals surface area contributed by atoms with Crippen molar-refractivity contribution < 1.29 is 4.74 Å². The van der Waals surface area contributed by atoms with Gasteiger partial charge in [-0.25, -0.2) is 15.0 Å². The average molecular weight is 236 g/mol. The maximum absolute atomic E-state index is 5.86. The number of aromatic nitrogens is 3. The summed E-state index contributed by atoms with van der Waals surface area (Å²) >= 11 is 5.86. The normalized spacial score (nSPS) is 10.2. The lowest BCUT2D eigenvalue weighted by atomic mass is 10.2. The van der Waals surface area contributed by atoms with Crippen molar-refractivity contribution in [3.8, 4) is 17.1 Å². The minimum atomic E-state index is 0.429. The number of hydrogen-bond donors (Lipinski definition) is 0. The van der Waals surface area contributed by atoms with E-state index in [0.717, 1.165) is 11.3 Å².